The molecule has 6 heteroatoms. The van der Waals surface area contributed by atoms with Crippen molar-refractivity contribution in [1.29, 1.82) is 0 Å². The number of amides is 1. The van der Waals surface area contributed by atoms with Crippen LogP contribution in [0.15, 0.2) is 22.5 Å². The van der Waals surface area contributed by atoms with E-state index in [-0.39, 0.29) is 5.91 Å². The Morgan fingerprint density at radius 2 is 2.12 bits per heavy atom. The second kappa shape index (κ2) is 11.1. The molecule has 0 bridgehead atoms. The molecular weight excluding hydrogens is 320 g/mol. The fourth-order valence-corrected chi connectivity index (χ4v) is 3.61. The number of guanidine groups is 1. The van der Waals surface area contributed by atoms with E-state index in [1.54, 1.807) is 11.3 Å². The highest BCUT2D eigenvalue weighted by Gasteiger charge is 2.15. The van der Waals surface area contributed by atoms with Crippen molar-refractivity contribution in [3.8, 4) is 0 Å². The first-order chi connectivity index (χ1) is 11.8. The van der Waals surface area contributed by atoms with Crippen molar-refractivity contribution in [3.63, 3.8) is 0 Å². The SMILES string of the molecule is CCNC(=NCCc1cccs1)NCCC(=O)NC1CCCCC1. The minimum atomic E-state index is 0.142. The maximum Gasteiger partial charge on any atom is 0.221 e. The van der Waals surface area contributed by atoms with Crippen molar-refractivity contribution >= 4 is 23.2 Å². The minimum Gasteiger partial charge on any atom is -0.357 e. The van der Waals surface area contributed by atoms with E-state index >= 15 is 0 Å². The van der Waals surface area contributed by atoms with Crippen molar-refractivity contribution < 1.29 is 4.79 Å². The molecule has 1 heterocycles. The Morgan fingerprint density at radius 1 is 1.29 bits per heavy atom. The number of nitrogens with one attached hydrogen (secondary N) is 3. The molecule has 0 saturated heterocycles. The van der Waals surface area contributed by atoms with E-state index in [4.69, 9.17) is 0 Å². The first-order valence-corrected chi connectivity index (χ1v) is 10.00. The highest BCUT2D eigenvalue weighted by molar-refractivity contribution is 7.09. The summed E-state index contributed by atoms with van der Waals surface area (Å²) in [5.74, 6) is 0.934. The Morgan fingerprint density at radius 3 is 2.83 bits per heavy atom. The fraction of sp³-hybridized carbons (Fsp3) is 0.667. The number of carbonyl (C=O) groups excluding carboxylic acids is 1. The van der Waals surface area contributed by atoms with Gasteiger partial charge in [0.25, 0.3) is 0 Å². The third-order valence-electron chi connectivity index (χ3n) is 4.17. The van der Waals surface area contributed by atoms with Gasteiger partial charge in [0.2, 0.25) is 5.91 Å². The van der Waals surface area contributed by atoms with Crippen molar-refractivity contribution in [2.45, 2.75) is 57.9 Å². The summed E-state index contributed by atoms with van der Waals surface area (Å²) in [5, 5.41) is 11.7. The number of rotatable bonds is 8. The van der Waals surface area contributed by atoms with Crippen LogP contribution in [0, 0.1) is 0 Å². The van der Waals surface area contributed by atoms with E-state index in [0.717, 1.165) is 38.3 Å². The van der Waals surface area contributed by atoms with Crippen molar-refractivity contribution in [2.24, 2.45) is 4.99 Å². The number of aliphatic imine (C=N–C) groups is 1. The lowest BCUT2D eigenvalue weighted by Gasteiger charge is -2.22. The maximum absolute atomic E-state index is 12.0. The maximum atomic E-state index is 12.0. The van der Waals surface area contributed by atoms with Crippen LogP contribution in [0.4, 0.5) is 0 Å². The summed E-state index contributed by atoms with van der Waals surface area (Å²) in [7, 11) is 0. The molecule has 1 amide bonds. The molecule has 1 fully saturated rings. The first kappa shape index (κ1) is 18.8. The first-order valence-electron chi connectivity index (χ1n) is 9.12. The molecule has 1 aliphatic rings. The monoisotopic (exact) mass is 350 g/mol. The van der Waals surface area contributed by atoms with E-state index < -0.39 is 0 Å². The van der Waals surface area contributed by atoms with Gasteiger partial charge in [0.15, 0.2) is 5.96 Å². The third-order valence-corrected chi connectivity index (χ3v) is 5.10. The number of hydrogen-bond acceptors (Lipinski definition) is 3. The number of thiophene rings is 1. The summed E-state index contributed by atoms with van der Waals surface area (Å²) in [6.45, 7) is 4.23. The van der Waals surface area contributed by atoms with Crippen molar-refractivity contribution in [2.75, 3.05) is 19.6 Å². The van der Waals surface area contributed by atoms with Crippen LogP contribution in [0.1, 0.15) is 50.3 Å². The van der Waals surface area contributed by atoms with Gasteiger partial charge >= 0.3 is 0 Å². The normalized spacial score (nSPS) is 16.0. The van der Waals surface area contributed by atoms with Crippen LogP contribution in [-0.2, 0) is 11.2 Å². The zero-order chi connectivity index (χ0) is 17.0. The zero-order valence-corrected chi connectivity index (χ0v) is 15.5. The fourth-order valence-electron chi connectivity index (χ4n) is 2.92. The topological polar surface area (TPSA) is 65.5 Å². The van der Waals surface area contributed by atoms with E-state index in [1.165, 1.54) is 24.1 Å². The molecule has 1 aromatic heterocycles. The third kappa shape index (κ3) is 7.34. The van der Waals surface area contributed by atoms with E-state index in [1.807, 2.05) is 6.92 Å². The van der Waals surface area contributed by atoms with Crippen LogP contribution in [0.25, 0.3) is 0 Å². The molecule has 0 aliphatic heterocycles. The Hall–Kier alpha value is -1.56. The molecule has 3 N–H and O–H groups in total. The second-order valence-corrected chi connectivity index (χ2v) is 7.20. The summed E-state index contributed by atoms with van der Waals surface area (Å²) in [6.07, 6.45) is 7.50. The molecule has 134 valence electrons. The molecule has 0 radical (unpaired) electrons. The standard InChI is InChI=1S/C18H30N4OS/c1-2-19-18(20-12-10-16-9-6-14-24-16)21-13-11-17(23)22-15-7-4-3-5-8-15/h6,9,14-15H,2-5,7-8,10-13H2,1H3,(H,22,23)(H2,19,20,21). The smallest absolute Gasteiger partial charge is 0.221 e. The molecule has 0 aromatic carbocycles. The molecule has 0 atom stereocenters. The summed E-state index contributed by atoms with van der Waals surface area (Å²) >= 11 is 1.76. The van der Waals surface area contributed by atoms with Crippen LogP contribution < -0.4 is 16.0 Å². The molecule has 1 aliphatic carbocycles. The quantitative estimate of drug-likeness (QED) is 0.499. The Balaban J connectivity index is 1.65. The van der Waals surface area contributed by atoms with Crippen LogP contribution in [0.3, 0.4) is 0 Å². The number of carbonyl (C=O) groups is 1. The Bertz CT molecular complexity index is 495. The van der Waals surface area contributed by atoms with Crippen LogP contribution in [0.5, 0.6) is 0 Å². The molecule has 0 unspecified atom stereocenters. The molecular formula is C18H30N4OS. The second-order valence-electron chi connectivity index (χ2n) is 6.17. The van der Waals surface area contributed by atoms with Crippen LogP contribution in [-0.4, -0.2) is 37.5 Å². The Labute approximate surface area is 149 Å². The van der Waals surface area contributed by atoms with Crippen LogP contribution in [0.2, 0.25) is 0 Å². The van der Waals surface area contributed by atoms with Crippen molar-refractivity contribution in [1.82, 2.24) is 16.0 Å². The van der Waals surface area contributed by atoms with Gasteiger partial charge in [-0.3, -0.25) is 9.79 Å². The Kier molecular flexibility index (Phi) is 8.66. The molecule has 1 aromatic rings. The number of nitrogens with zero attached hydrogens (tertiary/aromatic N) is 1. The predicted octanol–water partition coefficient (Wildman–Crippen LogP) is 2.68. The average Bonchev–Trinajstić information content (AvgIpc) is 3.09. The lowest BCUT2D eigenvalue weighted by Crippen LogP contribution is -2.41. The van der Waals surface area contributed by atoms with Gasteiger partial charge in [0, 0.05) is 43.4 Å². The van der Waals surface area contributed by atoms with Gasteiger partial charge in [-0.15, -0.1) is 11.3 Å². The highest BCUT2D eigenvalue weighted by Crippen LogP contribution is 2.17. The molecule has 24 heavy (non-hydrogen) atoms. The van der Waals surface area contributed by atoms with E-state index in [2.05, 4.69) is 38.5 Å². The number of hydrogen-bond donors (Lipinski definition) is 3. The van der Waals surface area contributed by atoms with Gasteiger partial charge < -0.3 is 16.0 Å². The van der Waals surface area contributed by atoms with Gasteiger partial charge in [-0.2, -0.15) is 0 Å². The lowest BCUT2D eigenvalue weighted by molar-refractivity contribution is -0.121. The predicted molar refractivity (Wildman–Crippen MR) is 102 cm³/mol. The van der Waals surface area contributed by atoms with Gasteiger partial charge in [0.05, 0.1) is 0 Å². The molecule has 2 rings (SSSR count). The van der Waals surface area contributed by atoms with Gasteiger partial charge in [-0.1, -0.05) is 25.3 Å². The summed E-state index contributed by atoms with van der Waals surface area (Å²) in [5.41, 5.74) is 0. The average molecular weight is 351 g/mol. The van der Waals surface area contributed by atoms with E-state index in [0.29, 0.717) is 19.0 Å². The van der Waals surface area contributed by atoms with Gasteiger partial charge in [0.1, 0.15) is 0 Å². The zero-order valence-electron chi connectivity index (χ0n) is 14.6. The highest BCUT2D eigenvalue weighted by atomic mass is 32.1. The van der Waals surface area contributed by atoms with Gasteiger partial charge in [-0.05, 0) is 31.2 Å². The lowest BCUT2D eigenvalue weighted by atomic mass is 9.95. The van der Waals surface area contributed by atoms with E-state index in [9.17, 15) is 4.79 Å². The summed E-state index contributed by atoms with van der Waals surface area (Å²) in [6, 6.07) is 4.59. The van der Waals surface area contributed by atoms with Gasteiger partial charge in [-0.25, -0.2) is 0 Å². The van der Waals surface area contributed by atoms with Crippen molar-refractivity contribution in [3.05, 3.63) is 22.4 Å². The summed E-state index contributed by atoms with van der Waals surface area (Å²) < 4.78 is 0. The van der Waals surface area contributed by atoms with Crippen LogP contribution >= 0.6 is 11.3 Å². The summed E-state index contributed by atoms with van der Waals surface area (Å²) in [4.78, 5) is 17.9. The molecule has 0 spiro atoms. The largest absolute Gasteiger partial charge is 0.357 e. The molecule has 1 saturated carbocycles. The minimum absolute atomic E-state index is 0.142. The molecule has 5 nitrogen and oxygen atoms in total.